The number of urea groups is 1. The molecule has 0 saturated heterocycles. The summed E-state index contributed by atoms with van der Waals surface area (Å²) in [5.41, 5.74) is -0.00485. The van der Waals surface area contributed by atoms with Crippen LogP contribution in [-0.4, -0.2) is 67.3 Å². The Morgan fingerprint density at radius 2 is 1.90 bits per heavy atom. The predicted molar refractivity (Wildman–Crippen MR) is 81.7 cm³/mol. The minimum absolute atomic E-state index is 0.00485. The van der Waals surface area contributed by atoms with Crippen LogP contribution in [0.15, 0.2) is 0 Å². The molecular formula is C15H31N3O2. The highest BCUT2D eigenvalue weighted by Gasteiger charge is 2.32. The van der Waals surface area contributed by atoms with Crippen molar-refractivity contribution < 1.29 is 9.90 Å². The summed E-state index contributed by atoms with van der Waals surface area (Å²) in [6.07, 6.45) is 1.79. The lowest BCUT2D eigenvalue weighted by molar-refractivity contribution is 0.109. The smallest absolute Gasteiger partial charge is 0.317 e. The molecule has 2 atom stereocenters. The zero-order valence-corrected chi connectivity index (χ0v) is 13.8. The average molecular weight is 285 g/mol. The van der Waals surface area contributed by atoms with E-state index in [4.69, 9.17) is 0 Å². The van der Waals surface area contributed by atoms with Crippen molar-refractivity contribution in [1.29, 1.82) is 0 Å². The quantitative estimate of drug-likeness (QED) is 0.743. The Labute approximate surface area is 123 Å². The van der Waals surface area contributed by atoms with E-state index in [1.807, 2.05) is 21.0 Å². The van der Waals surface area contributed by atoms with Gasteiger partial charge in [-0.15, -0.1) is 0 Å². The summed E-state index contributed by atoms with van der Waals surface area (Å²) >= 11 is 0. The maximum atomic E-state index is 12.2. The van der Waals surface area contributed by atoms with Crippen molar-refractivity contribution in [2.24, 2.45) is 11.3 Å². The van der Waals surface area contributed by atoms with E-state index in [-0.39, 0.29) is 23.6 Å². The molecule has 0 radical (unpaired) electrons. The van der Waals surface area contributed by atoms with E-state index in [9.17, 15) is 9.90 Å². The van der Waals surface area contributed by atoms with Crippen molar-refractivity contribution in [3.05, 3.63) is 0 Å². The maximum Gasteiger partial charge on any atom is 0.317 e. The van der Waals surface area contributed by atoms with E-state index in [1.54, 1.807) is 11.9 Å². The number of hydrogen-bond donors (Lipinski definition) is 2. The average Bonchev–Trinajstić information content (AvgIpc) is 3.10. The first-order chi connectivity index (χ1) is 9.13. The van der Waals surface area contributed by atoms with Gasteiger partial charge in [-0.3, -0.25) is 0 Å². The minimum atomic E-state index is -0.379. The molecule has 0 spiro atoms. The van der Waals surface area contributed by atoms with E-state index in [0.29, 0.717) is 12.5 Å². The number of nitrogens with zero attached hydrogens (tertiary/aromatic N) is 2. The Hall–Kier alpha value is -0.810. The Balaban J connectivity index is 2.42. The van der Waals surface area contributed by atoms with E-state index in [1.165, 1.54) is 0 Å². The van der Waals surface area contributed by atoms with E-state index in [0.717, 1.165) is 19.4 Å². The molecule has 1 aliphatic carbocycles. The van der Waals surface area contributed by atoms with Crippen LogP contribution in [0.1, 0.15) is 33.6 Å². The molecule has 2 amide bonds. The van der Waals surface area contributed by atoms with Gasteiger partial charge in [-0.25, -0.2) is 4.79 Å². The van der Waals surface area contributed by atoms with Crippen LogP contribution in [0, 0.1) is 11.3 Å². The molecule has 1 rings (SSSR count). The number of rotatable bonds is 7. The van der Waals surface area contributed by atoms with E-state index < -0.39 is 0 Å². The normalized spacial score (nSPS) is 18.8. The molecule has 0 aromatic heterocycles. The van der Waals surface area contributed by atoms with Crippen LogP contribution in [0.5, 0.6) is 0 Å². The number of carbonyl (C=O) groups excluding carboxylic acids is 1. The predicted octanol–water partition coefficient (Wildman–Crippen LogP) is 1.37. The number of carbonyl (C=O) groups is 1. The number of aliphatic hydroxyl groups excluding tert-OH is 1. The molecule has 1 saturated carbocycles. The summed E-state index contributed by atoms with van der Waals surface area (Å²) in [4.78, 5) is 15.9. The molecular weight excluding hydrogens is 254 g/mol. The maximum absolute atomic E-state index is 12.2. The van der Waals surface area contributed by atoms with Crippen molar-refractivity contribution in [2.45, 2.75) is 45.8 Å². The third kappa shape index (κ3) is 5.29. The topological polar surface area (TPSA) is 55.8 Å². The molecule has 20 heavy (non-hydrogen) atoms. The molecule has 1 fully saturated rings. The van der Waals surface area contributed by atoms with Gasteiger partial charge >= 0.3 is 6.03 Å². The number of amides is 2. The van der Waals surface area contributed by atoms with Gasteiger partial charge in [0.05, 0.1) is 6.10 Å². The van der Waals surface area contributed by atoms with Gasteiger partial charge in [0.2, 0.25) is 0 Å². The van der Waals surface area contributed by atoms with Gasteiger partial charge in [0.25, 0.3) is 0 Å². The van der Waals surface area contributed by atoms with Gasteiger partial charge < -0.3 is 20.2 Å². The molecule has 2 N–H and O–H groups in total. The van der Waals surface area contributed by atoms with Crippen LogP contribution in [0.2, 0.25) is 0 Å². The van der Waals surface area contributed by atoms with Gasteiger partial charge in [-0.1, -0.05) is 13.8 Å². The first-order valence-electron chi connectivity index (χ1n) is 7.48. The molecule has 5 heteroatoms. The van der Waals surface area contributed by atoms with Crippen molar-refractivity contribution in [2.75, 3.05) is 34.2 Å². The summed E-state index contributed by atoms with van der Waals surface area (Å²) in [6.45, 7) is 7.65. The third-order valence-corrected chi connectivity index (χ3v) is 4.21. The first kappa shape index (κ1) is 17.2. The number of likely N-dealkylation sites (N-methyl/N-ethyl adjacent to an activating group) is 1. The summed E-state index contributed by atoms with van der Waals surface area (Å²) in [5.74, 6) is 0.396. The van der Waals surface area contributed by atoms with Gasteiger partial charge in [0.1, 0.15) is 0 Å². The van der Waals surface area contributed by atoms with Crippen molar-refractivity contribution in [3.63, 3.8) is 0 Å². The SMILES string of the molecule is CC(NC(=O)N(C)CC(O)C1CC1)C(C)(C)CN(C)C. The van der Waals surface area contributed by atoms with E-state index >= 15 is 0 Å². The molecule has 0 heterocycles. The Bertz CT molecular complexity index is 327. The molecule has 118 valence electrons. The number of aliphatic hydroxyl groups is 1. The Morgan fingerprint density at radius 3 is 2.35 bits per heavy atom. The highest BCUT2D eigenvalue weighted by Crippen LogP contribution is 2.32. The molecule has 2 unspecified atom stereocenters. The summed E-state index contributed by atoms with van der Waals surface area (Å²) < 4.78 is 0. The fourth-order valence-electron chi connectivity index (χ4n) is 2.44. The summed E-state index contributed by atoms with van der Waals surface area (Å²) in [6, 6.07) is -0.0399. The highest BCUT2D eigenvalue weighted by molar-refractivity contribution is 5.74. The fraction of sp³-hybridized carbons (Fsp3) is 0.933. The van der Waals surface area contributed by atoms with E-state index in [2.05, 4.69) is 24.1 Å². The van der Waals surface area contributed by atoms with Gasteiger partial charge in [0, 0.05) is 26.2 Å². The molecule has 0 aliphatic heterocycles. The molecule has 1 aliphatic rings. The lowest BCUT2D eigenvalue weighted by Crippen LogP contribution is -2.51. The zero-order chi connectivity index (χ0) is 15.5. The fourth-order valence-corrected chi connectivity index (χ4v) is 2.44. The lowest BCUT2D eigenvalue weighted by atomic mass is 9.85. The second-order valence-electron chi connectivity index (χ2n) is 7.18. The largest absolute Gasteiger partial charge is 0.391 e. The third-order valence-electron chi connectivity index (χ3n) is 4.21. The van der Waals surface area contributed by atoms with Crippen LogP contribution in [0.4, 0.5) is 4.79 Å². The second kappa shape index (κ2) is 6.76. The standard InChI is InChI=1S/C15H31N3O2/c1-11(15(2,3)10-17(4)5)16-14(20)18(6)9-13(19)12-7-8-12/h11-13,19H,7-10H2,1-6H3,(H,16,20). The van der Waals surface area contributed by atoms with Gasteiger partial charge in [-0.2, -0.15) is 0 Å². The van der Waals surface area contributed by atoms with Crippen molar-refractivity contribution in [1.82, 2.24) is 15.1 Å². The number of hydrogen-bond acceptors (Lipinski definition) is 3. The summed E-state index contributed by atoms with van der Waals surface area (Å²) in [5, 5.41) is 12.9. The molecule has 0 aromatic carbocycles. The Morgan fingerprint density at radius 1 is 1.35 bits per heavy atom. The second-order valence-corrected chi connectivity index (χ2v) is 7.18. The molecule has 0 bridgehead atoms. The lowest BCUT2D eigenvalue weighted by Gasteiger charge is -2.36. The van der Waals surface area contributed by atoms with Crippen molar-refractivity contribution in [3.8, 4) is 0 Å². The van der Waals surface area contributed by atoms with Gasteiger partial charge in [-0.05, 0) is 45.2 Å². The van der Waals surface area contributed by atoms with Crippen molar-refractivity contribution >= 4 is 6.03 Å². The van der Waals surface area contributed by atoms with Crippen LogP contribution in [0.25, 0.3) is 0 Å². The number of nitrogens with one attached hydrogen (secondary N) is 1. The summed E-state index contributed by atoms with van der Waals surface area (Å²) in [7, 11) is 5.81. The monoisotopic (exact) mass is 285 g/mol. The zero-order valence-electron chi connectivity index (χ0n) is 13.8. The minimum Gasteiger partial charge on any atom is -0.391 e. The van der Waals surface area contributed by atoms with Crippen LogP contribution < -0.4 is 5.32 Å². The first-order valence-corrected chi connectivity index (χ1v) is 7.48. The van der Waals surface area contributed by atoms with Crippen LogP contribution in [0.3, 0.4) is 0 Å². The highest BCUT2D eigenvalue weighted by atomic mass is 16.3. The van der Waals surface area contributed by atoms with Gasteiger partial charge in [0.15, 0.2) is 0 Å². The Kier molecular flexibility index (Phi) is 5.83. The molecule has 5 nitrogen and oxygen atoms in total. The molecule has 0 aromatic rings. The van der Waals surface area contributed by atoms with Crippen LogP contribution in [-0.2, 0) is 0 Å². The van der Waals surface area contributed by atoms with Crippen LogP contribution >= 0.6 is 0 Å².